The summed E-state index contributed by atoms with van der Waals surface area (Å²) in [5.74, 6) is 0.511. The highest BCUT2D eigenvalue weighted by Gasteiger charge is 2.18. The molecule has 3 atom stereocenters. The second-order valence-electron chi connectivity index (χ2n) is 5.87. The number of nitrogens with one attached hydrogen (secondary N) is 1. The van der Waals surface area contributed by atoms with Crippen molar-refractivity contribution in [3.8, 4) is 0 Å². The lowest BCUT2D eigenvalue weighted by Gasteiger charge is -2.22. The SMILES string of the molecule is CC1CCCC(NC(C)c2ccc(Cl)c(F)c2)CC1. The highest BCUT2D eigenvalue weighted by atomic mass is 35.5. The second kappa shape index (κ2) is 6.71. The van der Waals surface area contributed by atoms with Gasteiger partial charge in [0.25, 0.3) is 0 Å². The lowest BCUT2D eigenvalue weighted by Crippen LogP contribution is -2.31. The number of hydrogen-bond acceptors (Lipinski definition) is 1. The summed E-state index contributed by atoms with van der Waals surface area (Å²) in [6, 6.07) is 5.81. The minimum Gasteiger partial charge on any atom is -0.307 e. The predicted molar refractivity (Wildman–Crippen MR) is 79.0 cm³/mol. The normalized spacial score (nSPS) is 25.9. The first-order valence-electron chi connectivity index (χ1n) is 7.27. The van der Waals surface area contributed by atoms with Crippen LogP contribution in [0.15, 0.2) is 18.2 Å². The third-order valence-corrected chi connectivity index (χ3v) is 4.49. The molecule has 1 N–H and O–H groups in total. The van der Waals surface area contributed by atoms with E-state index in [4.69, 9.17) is 11.6 Å². The Balaban J connectivity index is 1.96. The standard InChI is InChI=1S/C16H23ClFN/c1-11-4-3-5-14(8-6-11)19-12(2)13-7-9-15(17)16(18)10-13/h7,9-12,14,19H,3-6,8H2,1-2H3. The quantitative estimate of drug-likeness (QED) is 0.761. The summed E-state index contributed by atoms with van der Waals surface area (Å²) in [5.41, 5.74) is 0.971. The maximum atomic E-state index is 13.5. The van der Waals surface area contributed by atoms with Crippen molar-refractivity contribution in [2.45, 2.75) is 58.0 Å². The number of halogens is 2. The van der Waals surface area contributed by atoms with Crippen LogP contribution in [0.25, 0.3) is 0 Å². The molecule has 0 saturated heterocycles. The second-order valence-corrected chi connectivity index (χ2v) is 6.28. The molecule has 0 aromatic heterocycles. The van der Waals surface area contributed by atoms with Crippen LogP contribution in [-0.2, 0) is 0 Å². The molecule has 0 spiro atoms. The summed E-state index contributed by atoms with van der Waals surface area (Å²) >= 11 is 5.72. The highest BCUT2D eigenvalue weighted by Crippen LogP contribution is 2.25. The van der Waals surface area contributed by atoms with E-state index in [2.05, 4.69) is 19.2 Å². The smallest absolute Gasteiger partial charge is 0.142 e. The van der Waals surface area contributed by atoms with Crippen molar-refractivity contribution in [1.82, 2.24) is 5.32 Å². The topological polar surface area (TPSA) is 12.0 Å². The Labute approximate surface area is 120 Å². The maximum Gasteiger partial charge on any atom is 0.142 e. The molecule has 0 heterocycles. The van der Waals surface area contributed by atoms with Gasteiger partial charge in [0, 0.05) is 12.1 Å². The lowest BCUT2D eigenvalue weighted by molar-refractivity contribution is 0.407. The third kappa shape index (κ3) is 4.19. The Morgan fingerprint density at radius 3 is 2.79 bits per heavy atom. The molecule has 1 aliphatic rings. The van der Waals surface area contributed by atoms with E-state index in [-0.39, 0.29) is 16.9 Å². The van der Waals surface area contributed by atoms with Gasteiger partial charge < -0.3 is 5.32 Å². The molecular formula is C16H23ClFN. The van der Waals surface area contributed by atoms with Crippen LogP contribution >= 0.6 is 11.6 Å². The molecular weight excluding hydrogens is 261 g/mol. The molecule has 3 heteroatoms. The van der Waals surface area contributed by atoms with Crippen LogP contribution < -0.4 is 5.32 Å². The van der Waals surface area contributed by atoms with Crippen LogP contribution in [0.2, 0.25) is 5.02 Å². The van der Waals surface area contributed by atoms with Crippen LogP contribution in [-0.4, -0.2) is 6.04 Å². The van der Waals surface area contributed by atoms with Crippen LogP contribution in [0.3, 0.4) is 0 Å². The van der Waals surface area contributed by atoms with E-state index in [1.165, 1.54) is 32.1 Å². The van der Waals surface area contributed by atoms with Gasteiger partial charge in [0.2, 0.25) is 0 Å². The van der Waals surface area contributed by atoms with Gasteiger partial charge in [0.15, 0.2) is 0 Å². The molecule has 1 aromatic rings. The van der Waals surface area contributed by atoms with Crippen molar-refractivity contribution >= 4 is 11.6 Å². The zero-order valence-electron chi connectivity index (χ0n) is 11.8. The van der Waals surface area contributed by atoms with Crippen LogP contribution in [0, 0.1) is 11.7 Å². The molecule has 19 heavy (non-hydrogen) atoms. The van der Waals surface area contributed by atoms with Crippen molar-refractivity contribution in [1.29, 1.82) is 0 Å². The molecule has 0 amide bonds. The van der Waals surface area contributed by atoms with Gasteiger partial charge in [-0.15, -0.1) is 0 Å². The average molecular weight is 284 g/mol. The molecule has 1 aromatic carbocycles. The van der Waals surface area contributed by atoms with E-state index in [1.807, 2.05) is 6.07 Å². The Morgan fingerprint density at radius 2 is 2.05 bits per heavy atom. The number of benzene rings is 1. The molecule has 1 aliphatic carbocycles. The molecule has 1 saturated carbocycles. The van der Waals surface area contributed by atoms with Crippen LogP contribution in [0.4, 0.5) is 4.39 Å². The number of rotatable bonds is 3. The van der Waals surface area contributed by atoms with Crippen molar-refractivity contribution < 1.29 is 4.39 Å². The molecule has 1 nitrogen and oxygen atoms in total. The largest absolute Gasteiger partial charge is 0.307 e. The fraction of sp³-hybridized carbons (Fsp3) is 0.625. The van der Waals surface area contributed by atoms with Crippen molar-refractivity contribution in [2.24, 2.45) is 5.92 Å². The van der Waals surface area contributed by atoms with E-state index in [1.54, 1.807) is 12.1 Å². The van der Waals surface area contributed by atoms with Crippen molar-refractivity contribution in [3.05, 3.63) is 34.6 Å². The van der Waals surface area contributed by atoms with Gasteiger partial charge in [0.1, 0.15) is 5.82 Å². The molecule has 1 fully saturated rings. The molecule has 106 valence electrons. The Morgan fingerprint density at radius 1 is 1.26 bits per heavy atom. The Kier molecular flexibility index (Phi) is 5.23. The van der Waals surface area contributed by atoms with Gasteiger partial charge in [-0.1, -0.05) is 37.4 Å². The monoisotopic (exact) mass is 283 g/mol. The van der Waals surface area contributed by atoms with Crippen molar-refractivity contribution in [2.75, 3.05) is 0 Å². The third-order valence-electron chi connectivity index (χ3n) is 4.19. The number of hydrogen-bond donors (Lipinski definition) is 1. The molecule has 2 rings (SSSR count). The van der Waals surface area contributed by atoms with E-state index in [0.29, 0.717) is 6.04 Å². The molecule has 0 radical (unpaired) electrons. The average Bonchev–Trinajstić information content (AvgIpc) is 2.58. The summed E-state index contributed by atoms with van der Waals surface area (Å²) in [7, 11) is 0. The van der Waals surface area contributed by atoms with E-state index in [9.17, 15) is 4.39 Å². The minimum atomic E-state index is -0.331. The van der Waals surface area contributed by atoms with Gasteiger partial charge in [-0.05, 0) is 49.8 Å². The van der Waals surface area contributed by atoms with Gasteiger partial charge >= 0.3 is 0 Å². The first-order chi connectivity index (χ1) is 9.06. The van der Waals surface area contributed by atoms with Gasteiger partial charge in [-0.25, -0.2) is 4.39 Å². The van der Waals surface area contributed by atoms with E-state index in [0.717, 1.165) is 11.5 Å². The first-order valence-corrected chi connectivity index (χ1v) is 7.65. The Bertz CT molecular complexity index is 421. The van der Waals surface area contributed by atoms with Gasteiger partial charge in [-0.3, -0.25) is 0 Å². The summed E-state index contributed by atoms with van der Waals surface area (Å²) in [6.45, 7) is 4.43. The molecule has 0 bridgehead atoms. The van der Waals surface area contributed by atoms with E-state index >= 15 is 0 Å². The summed E-state index contributed by atoms with van der Waals surface area (Å²) in [5, 5.41) is 3.83. The zero-order chi connectivity index (χ0) is 13.8. The highest BCUT2D eigenvalue weighted by molar-refractivity contribution is 6.30. The van der Waals surface area contributed by atoms with Crippen LogP contribution in [0.5, 0.6) is 0 Å². The van der Waals surface area contributed by atoms with Gasteiger partial charge in [-0.2, -0.15) is 0 Å². The van der Waals surface area contributed by atoms with E-state index < -0.39 is 0 Å². The molecule has 0 aliphatic heterocycles. The zero-order valence-corrected chi connectivity index (χ0v) is 12.5. The van der Waals surface area contributed by atoms with Gasteiger partial charge in [0.05, 0.1) is 5.02 Å². The van der Waals surface area contributed by atoms with Crippen molar-refractivity contribution in [3.63, 3.8) is 0 Å². The fourth-order valence-electron chi connectivity index (χ4n) is 2.89. The lowest BCUT2D eigenvalue weighted by atomic mass is 10.0. The predicted octanol–water partition coefficient (Wildman–Crippen LogP) is 5.10. The fourth-order valence-corrected chi connectivity index (χ4v) is 3.00. The summed E-state index contributed by atoms with van der Waals surface area (Å²) < 4.78 is 13.5. The van der Waals surface area contributed by atoms with Crippen LogP contribution in [0.1, 0.15) is 57.6 Å². The Hall–Kier alpha value is -0.600. The maximum absolute atomic E-state index is 13.5. The minimum absolute atomic E-state index is 0.171. The summed E-state index contributed by atoms with van der Waals surface area (Å²) in [4.78, 5) is 0. The molecule has 3 unspecified atom stereocenters. The first kappa shape index (κ1) is 14.8. The summed E-state index contributed by atoms with van der Waals surface area (Å²) in [6.07, 6.45) is 6.37.